The summed E-state index contributed by atoms with van der Waals surface area (Å²) in [6, 6.07) is 10.0. The van der Waals surface area contributed by atoms with E-state index in [1.165, 1.54) is 30.3 Å². The molecule has 2 aromatic rings. The zero-order valence-electron chi connectivity index (χ0n) is 18.6. The van der Waals surface area contributed by atoms with Crippen LogP contribution in [-0.2, 0) is 9.53 Å². The number of halogens is 1. The van der Waals surface area contributed by atoms with Crippen molar-refractivity contribution >= 4 is 18.0 Å². The molecule has 0 radical (unpaired) electrons. The van der Waals surface area contributed by atoms with E-state index in [9.17, 15) is 18.8 Å². The molecule has 2 amide bonds. The lowest BCUT2D eigenvalue weighted by atomic mass is 9.99. The maximum Gasteiger partial charge on any atom is 0.408 e. The molecule has 3 N–H and O–H groups in total. The smallest absolute Gasteiger partial charge is 0.408 e. The number of benzene rings is 2. The van der Waals surface area contributed by atoms with Gasteiger partial charge in [0.2, 0.25) is 5.91 Å². The van der Waals surface area contributed by atoms with E-state index in [2.05, 4.69) is 10.6 Å². The van der Waals surface area contributed by atoms with Gasteiger partial charge < -0.3 is 20.5 Å². The molecule has 0 fully saturated rings. The summed E-state index contributed by atoms with van der Waals surface area (Å²) in [7, 11) is 0. The molecular weight excluding hydrogens is 415 g/mol. The number of carboxylic acid groups (broad SMARTS) is 1. The Morgan fingerprint density at radius 3 is 2.22 bits per heavy atom. The SMILES string of the molecule is CCCC(NC(=O)C(NC(=O)OC(C)(C)C)c1cccc(F)c1)c1ccc(C(=O)O)cc1. The summed E-state index contributed by atoms with van der Waals surface area (Å²) in [4.78, 5) is 36.7. The number of hydrogen-bond acceptors (Lipinski definition) is 4. The van der Waals surface area contributed by atoms with Crippen molar-refractivity contribution in [1.82, 2.24) is 10.6 Å². The molecule has 2 aromatic carbocycles. The molecule has 32 heavy (non-hydrogen) atoms. The molecule has 2 unspecified atom stereocenters. The monoisotopic (exact) mass is 444 g/mol. The number of hydrogen-bond donors (Lipinski definition) is 3. The molecule has 0 saturated heterocycles. The van der Waals surface area contributed by atoms with E-state index >= 15 is 0 Å². The molecule has 0 aliphatic carbocycles. The van der Waals surface area contributed by atoms with Crippen LogP contribution in [-0.4, -0.2) is 28.7 Å². The van der Waals surface area contributed by atoms with E-state index in [4.69, 9.17) is 9.84 Å². The van der Waals surface area contributed by atoms with Crippen LogP contribution in [0, 0.1) is 5.82 Å². The second-order valence-corrected chi connectivity index (χ2v) is 8.41. The van der Waals surface area contributed by atoms with E-state index in [0.717, 1.165) is 12.0 Å². The van der Waals surface area contributed by atoms with Crippen LogP contribution in [0.15, 0.2) is 48.5 Å². The molecule has 172 valence electrons. The lowest BCUT2D eigenvalue weighted by Crippen LogP contribution is -2.43. The standard InChI is InChI=1S/C24H29FN2O5/c1-5-7-19(15-10-12-16(13-11-15)22(29)30)26-21(28)20(17-8-6-9-18(25)14-17)27-23(31)32-24(2,3)4/h6,8-14,19-20H,5,7H2,1-4H3,(H,26,28)(H,27,31)(H,29,30). The van der Waals surface area contributed by atoms with Crippen LogP contribution in [0.4, 0.5) is 9.18 Å². The van der Waals surface area contributed by atoms with Crippen molar-refractivity contribution in [1.29, 1.82) is 0 Å². The van der Waals surface area contributed by atoms with Gasteiger partial charge in [-0.15, -0.1) is 0 Å². The summed E-state index contributed by atoms with van der Waals surface area (Å²) in [5.41, 5.74) is 0.355. The minimum atomic E-state index is -1.18. The van der Waals surface area contributed by atoms with Gasteiger partial charge in [-0.2, -0.15) is 0 Å². The molecule has 2 atom stereocenters. The second-order valence-electron chi connectivity index (χ2n) is 8.41. The number of nitrogens with one attached hydrogen (secondary N) is 2. The van der Waals surface area contributed by atoms with Gasteiger partial charge in [0.15, 0.2) is 0 Å². The van der Waals surface area contributed by atoms with Gasteiger partial charge in [-0.25, -0.2) is 14.0 Å². The maximum absolute atomic E-state index is 13.8. The van der Waals surface area contributed by atoms with Crippen molar-refractivity contribution in [2.75, 3.05) is 0 Å². The van der Waals surface area contributed by atoms with Gasteiger partial charge in [0.25, 0.3) is 0 Å². The summed E-state index contributed by atoms with van der Waals surface area (Å²) >= 11 is 0. The highest BCUT2D eigenvalue weighted by Gasteiger charge is 2.28. The van der Waals surface area contributed by atoms with Crippen LogP contribution in [0.5, 0.6) is 0 Å². The quantitative estimate of drug-likeness (QED) is 0.545. The Morgan fingerprint density at radius 1 is 1.03 bits per heavy atom. The molecule has 0 spiro atoms. The van der Waals surface area contributed by atoms with Crippen LogP contribution in [0.3, 0.4) is 0 Å². The molecule has 0 aliphatic rings. The number of carbonyl (C=O) groups is 3. The third-order valence-corrected chi connectivity index (χ3v) is 4.56. The van der Waals surface area contributed by atoms with Crippen molar-refractivity contribution in [3.63, 3.8) is 0 Å². The molecule has 0 bridgehead atoms. The summed E-state index contributed by atoms with van der Waals surface area (Å²) in [6.45, 7) is 7.04. The minimum absolute atomic E-state index is 0.138. The molecule has 8 heteroatoms. The van der Waals surface area contributed by atoms with Crippen molar-refractivity contribution in [2.24, 2.45) is 0 Å². The summed E-state index contributed by atoms with van der Waals surface area (Å²) in [5, 5.41) is 14.5. The Morgan fingerprint density at radius 2 is 1.69 bits per heavy atom. The van der Waals surface area contributed by atoms with E-state index in [-0.39, 0.29) is 11.1 Å². The largest absolute Gasteiger partial charge is 0.478 e. The number of ether oxygens (including phenoxy) is 1. The van der Waals surface area contributed by atoms with Gasteiger partial charge >= 0.3 is 12.1 Å². The van der Waals surface area contributed by atoms with Gasteiger partial charge in [-0.1, -0.05) is 37.6 Å². The molecule has 0 aromatic heterocycles. The molecule has 7 nitrogen and oxygen atoms in total. The van der Waals surface area contributed by atoms with Crippen LogP contribution in [0.1, 0.15) is 74.1 Å². The molecular formula is C24H29FN2O5. The summed E-state index contributed by atoms with van der Waals surface area (Å²) in [6.07, 6.45) is 0.524. The fraction of sp³-hybridized carbons (Fsp3) is 0.375. The average Bonchev–Trinajstić information content (AvgIpc) is 2.70. The first-order chi connectivity index (χ1) is 15.0. The average molecular weight is 445 g/mol. The van der Waals surface area contributed by atoms with E-state index in [0.29, 0.717) is 6.42 Å². The van der Waals surface area contributed by atoms with Crippen molar-refractivity contribution in [3.8, 4) is 0 Å². The number of rotatable bonds is 8. The first kappa shape index (κ1) is 24.8. The van der Waals surface area contributed by atoms with Gasteiger partial charge in [-0.3, -0.25) is 4.79 Å². The topological polar surface area (TPSA) is 105 Å². The predicted molar refractivity (Wildman–Crippen MR) is 118 cm³/mol. The van der Waals surface area contributed by atoms with E-state index < -0.39 is 41.5 Å². The third-order valence-electron chi connectivity index (χ3n) is 4.56. The molecule has 2 rings (SSSR count). The van der Waals surface area contributed by atoms with Crippen molar-refractivity contribution in [2.45, 2.75) is 58.2 Å². The van der Waals surface area contributed by atoms with Crippen LogP contribution in [0.25, 0.3) is 0 Å². The Balaban J connectivity index is 2.29. The van der Waals surface area contributed by atoms with Crippen LogP contribution < -0.4 is 10.6 Å². The maximum atomic E-state index is 13.8. The predicted octanol–water partition coefficient (Wildman–Crippen LogP) is 4.75. The fourth-order valence-electron chi connectivity index (χ4n) is 3.14. The highest BCUT2D eigenvalue weighted by Crippen LogP contribution is 2.22. The fourth-order valence-corrected chi connectivity index (χ4v) is 3.14. The Kier molecular flexibility index (Phi) is 8.34. The summed E-state index contributed by atoms with van der Waals surface area (Å²) < 4.78 is 19.1. The second kappa shape index (κ2) is 10.7. The van der Waals surface area contributed by atoms with Crippen LogP contribution in [0.2, 0.25) is 0 Å². The zero-order chi connectivity index (χ0) is 23.9. The first-order valence-corrected chi connectivity index (χ1v) is 10.4. The van der Waals surface area contributed by atoms with Crippen molar-refractivity contribution < 1.29 is 28.6 Å². The number of carbonyl (C=O) groups excluding carboxylic acids is 2. The van der Waals surface area contributed by atoms with Gasteiger partial charge in [0.1, 0.15) is 17.5 Å². The summed E-state index contributed by atoms with van der Waals surface area (Å²) in [5.74, 6) is -2.12. The molecule has 0 aliphatic heterocycles. The lowest BCUT2D eigenvalue weighted by Gasteiger charge is -2.26. The normalized spacial score (nSPS) is 13.0. The minimum Gasteiger partial charge on any atom is -0.478 e. The molecule has 0 heterocycles. The Bertz CT molecular complexity index is 954. The highest BCUT2D eigenvalue weighted by molar-refractivity contribution is 5.88. The zero-order valence-corrected chi connectivity index (χ0v) is 18.6. The van der Waals surface area contributed by atoms with Gasteiger partial charge in [0, 0.05) is 0 Å². The van der Waals surface area contributed by atoms with E-state index in [1.807, 2.05) is 6.92 Å². The first-order valence-electron chi connectivity index (χ1n) is 10.4. The van der Waals surface area contributed by atoms with Crippen molar-refractivity contribution in [3.05, 3.63) is 71.0 Å². The highest BCUT2D eigenvalue weighted by atomic mass is 19.1. The van der Waals surface area contributed by atoms with E-state index in [1.54, 1.807) is 39.0 Å². The number of amides is 2. The Hall–Kier alpha value is -3.42. The Labute approximate surface area is 187 Å². The lowest BCUT2D eigenvalue weighted by molar-refractivity contribution is -0.124. The number of carboxylic acids is 1. The third kappa shape index (κ3) is 7.37. The molecule has 0 saturated carbocycles. The number of alkyl carbamates (subject to hydrolysis) is 1. The van der Waals surface area contributed by atoms with Crippen LogP contribution >= 0.6 is 0 Å². The van der Waals surface area contributed by atoms with Gasteiger partial charge in [-0.05, 0) is 62.6 Å². The number of aromatic carboxylic acids is 1. The van der Waals surface area contributed by atoms with Gasteiger partial charge in [0.05, 0.1) is 11.6 Å².